The van der Waals surface area contributed by atoms with Gasteiger partial charge in [-0.15, -0.1) is 0 Å². The lowest BCUT2D eigenvalue weighted by atomic mass is 9.92. The number of nitrogens with two attached hydrogens (primary N) is 1. The molecule has 1 atom stereocenters. The van der Waals surface area contributed by atoms with Gasteiger partial charge in [0, 0.05) is 41.1 Å². The van der Waals surface area contributed by atoms with Crippen LogP contribution in [0, 0.1) is 0 Å². The minimum Gasteiger partial charge on any atom is -0.497 e. The number of rotatable bonds is 4. The molecule has 0 saturated carbocycles. The Labute approximate surface area is 163 Å². The summed E-state index contributed by atoms with van der Waals surface area (Å²) >= 11 is 6.22. The Morgan fingerprint density at radius 3 is 2.96 bits per heavy atom. The summed E-state index contributed by atoms with van der Waals surface area (Å²) < 4.78 is 5.40. The zero-order valence-corrected chi connectivity index (χ0v) is 15.9. The fourth-order valence-corrected chi connectivity index (χ4v) is 4.13. The predicted octanol–water partition coefficient (Wildman–Crippen LogP) is 3.65. The molecule has 1 aliphatic rings. The second-order valence-corrected chi connectivity index (χ2v) is 7.20. The van der Waals surface area contributed by atoms with Crippen molar-refractivity contribution < 1.29 is 9.53 Å². The van der Waals surface area contributed by atoms with Gasteiger partial charge in [-0.1, -0.05) is 23.7 Å². The average Bonchev–Trinajstić information content (AvgIpc) is 3.05. The number of H-pyrrole nitrogens is 1. The summed E-state index contributed by atoms with van der Waals surface area (Å²) in [5.41, 5.74) is 9.95. The summed E-state index contributed by atoms with van der Waals surface area (Å²) in [7, 11) is 1.65. The van der Waals surface area contributed by atoms with Crippen molar-refractivity contribution in [3.8, 4) is 5.75 Å². The molecule has 3 N–H and O–H groups in total. The zero-order valence-electron chi connectivity index (χ0n) is 15.2. The highest BCUT2D eigenvalue weighted by atomic mass is 35.5. The third-order valence-electron chi connectivity index (χ3n) is 5.18. The molecule has 1 aromatic heterocycles. The largest absolute Gasteiger partial charge is 0.497 e. The van der Waals surface area contributed by atoms with Gasteiger partial charge in [0.05, 0.1) is 13.2 Å². The van der Waals surface area contributed by atoms with E-state index in [0.29, 0.717) is 24.5 Å². The first-order valence-corrected chi connectivity index (χ1v) is 9.43. The van der Waals surface area contributed by atoms with E-state index in [0.717, 1.165) is 34.3 Å². The number of carbonyl (C=O) groups is 1. The maximum absolute atomic E-state index is 12.8. The average molecular weight is 384 g/mol. The highest BCUT2D eigenvalue weighted by Crippen LogP contribution is 2.40. The van der Waals surface area contributed by atoms with Gasteiger partial charge in [-0.3, -0.25) is 4.79 Å². The summed E-state index contributed by atoms with van der Waals surface area (Å²) in [5.74, 6) is 0.831. The van der Waals surface area contributed by atoms with Crippen LogP contribution in [-0.4, -0.2) is 36.0 Å². The number of benzene rings is 2. The first-order valence-electron chi connectivity index (χ1n) is 9.06. The maximum atomic E-state index is 12.8. The molecule has 140 valence electrons. The van der Waals surface area contributed by atoms with E-state index in [9.17, 15) is 4.79 Å². The molecule has 5 nitrogen and oxygen atoms in total. The summed E-state index contributed by atoms with van der Waals surface area (Å²) in [6.07, 6.45) is 1.12. The Balaban J connectivity index is 1.89. The van der Waals surface area contributed by atoms with Crippen molar-refractivity contribution in [2.75, 3.05) is 20.2 Å². The minimum atomic E-state index is -0.200. The number of aromatic amines is 1. The number of nitrogens with zero attached hydrogens (tertiary/aromatic N) is 1. The smallest absolute Gasteiger partial charge is 0.224 e. The summed E-state index contributed by atoms with van der Waals surface area (Å²) in [6, 6.07) is 13.5. The predicted molar refractivity (Wildman–Crippen MR) is 107 cm³/mol. The van der Waals surface area contributed by atoms with Gasteiger partial charge in [-0.2, -0.15) is 0 Å². The number of methoxy groups -OCH3 is 1. The molecule has 1 amide bonds. The highest BCUT2D eigenvalue weighted by Gasteiger charge is 2.34. The van der Waals surface area contributed by atoms with Crippen molar-refractivity contribution in [1.29, 1.82) is 0 Å². The summed E-state index contributed by atoms with van der Waals surface area (Å²) in [5, 5.41) is 1.83. The molecule has 27 heavy (non-hydrogen) atoms. The van der Waals surface area contributed by atoms with Crippen molar-refractivity contribution in [2.24, 2.45) is 5.73 Å². The van der Waals surface area contributed by atoms with Crippen LogP contribution in [0.5, 0.6) is 5.75 Å². The van der Waals surface area contributed by atoms with E-state index in [1.54, 1.807) is 7.11 Å². The second-order valence-electron chi connectivity index (χ2n) is 6.76. The van der Waals surface area contributed by atoms with E-state index >= 15 is 0 Å². The van der Waals surface area contributed by atoms with E-state index < -0.39 is 0 Å². The van der Waals surface area contributed by atoms with Gasteiger partial charge in [-0.05, 0) is 47.9 Å². The Morgan fingerprint density at radius 2 is 2.19 bits per heavy atom. The van der Waals surface area contributed by atoms with Crippen molar-refractivity contribution in [2.45, 2.75) is 18.9 Å². The SMILES string of the molecule is COc1cccc(C2c3[nH]c4ccc(Cl)cc4c3CCN2C(=O)CCN)c1. The molecule has 6 heteroatoms. The van der Waals surface area contributed by atoms with Crippen LogP contribution in [0.15, 0.2) is 42.5 Å². The van der Waals surface area contributed by atoms with Crippen LogP contribution in [0.25, 0.3) is 10.9 Å². The van der Waals surface area contributed by atoms with E-state index in [1.807, 2.05) is 47.4 Å². The number of carbonyl (C=O) groups excluding carboxylic acids is 1. The number of halogens is 1. The second kappa shape index (κ2) is 7.25. The maximum Gasteiger partial charge on any atom is 0.224 e. The van der Waals surface area contributed by atoms with Crippen LogP contribution in [-0.2, 0) is 11.2 Å². The van der Waals surface area contributed by atoms with Gasteiger partial charge < -0.3 is 20.4 Å². The molecular weight excluding hydrogens is 362 g/mol. The van der Waals surface area contributed by atoms with Crippen LogP contribution < -0.4 is 10.5 Å². The number of hydrogen-bond acceptors (Lipinski definition) is 3. The molecule has 1 unspecified atom stereocenters. The molecular formula is C21H22ClN3O2. The number of amides is 1. The first-order chi connectivity index (χ1) is 13.1. The lowest BCUT2D eigenvalue weighted by Gasteiger charge is -2.36. The number of fused-ring (bicyclic) bond motifs is 3. The lowest BCUT2D eigenvalue weighted by molar-refractivity contribution is -0.133. The van der Waals surface area contributed by atoms with Gasteiger partial charge >= 0.3 is 0 Å². The van der Waals surface area contributed by atoms with Gasteiger partial charge in [0.25, 0.3) is 0 Å². The van der Waals surface area contributed by atoms with Crippen LogP contribution in [0.1, 0.15) is 29.3 Å². The Morgan fingerprint density at radius 1 is 1.33 bits per heavy atom. The minimum absolute atomic E-state index is 0.0626. The fraction of sp³-hybridized carbons (Fsp3) is 0.286. The Kier molecular flexibility index (Phi) is 4.81. The standard InChI is InChI=1S/C21H22ClN3O2/c1-27-15-4-2-3-13(11-15)21-20-16(8-10-25(21)19(26)7-9-23)17-12-14(22)5-6-18(17)24-20/h2-6,11-12,21,24H,7-10,23H2,1H3. The third kappa shape index (κ3) is 3.17. The molecule has 1 aliphatic heterocycles. The molecule has 0 saturated heterocycles. The molecule has 4 rings (SSSR count). The summed E-state index contributed by atoms with van der Waals surface area (Å²) in [6.45, 7) is 0.989. The molecule has 0 aliphatic carbocycles. The van der Waals surface area contributed by atoms with Gasteiger partial charge in [0.2, 0.25) is 5.91 Å². The quantitative estimate of drug-likeness (QED) is 0.722. The molecule has 3 aromatic rings. The van der Waals surface area contributed by atoms with E-state index in [1.165, 1.54) is 5.56 Å². The molecule has 2 heterocycles. The van der Waals surface area contributed by atoms with Crippen molar-refractivity contribution in [1.82, 2.24) is 9.88 Å². The lowest BCUT2D eigenvalue weighted by Crippen LogP contribution is -2.41. The normalized spacial score (nSPS) is 16.4. The van der Waals surface area contributed by atoms with E-state index in [4.69, 9.17) is 22.1 Å². The van der Waals surface area contributed by atoms with Crippen LogP contribution >= 0.6 is 11.6 Å². The van der Waals surface area contributed by atoms with Crippen molar-refractivity contribution in [3.63, 3.8) is 0 Å². The van der Waals surface area contributed by atoms with E-state index in [2.05, 4.69) is 4.98 Å². The van der Waals surface area contributed by atoms with Crippen molar-refractivity contribution in [3.05, 3.63) is 64.3 Å². The number of ether oxygens (including phenoxy) is 1. The molecule has 2 aromatic carbocycles. The summed E-state index contributed by atoms with van der Waals surface area (Å²) in [4.78, 5) is 18.2. The van der Waals surface area contributed by atoms with Gasteiger partial charge in [0.1, 0.15) is 5.75 Å². The first kappa shape index (κ1) is 17.9. The molecule has 0 bridgehead atoms. The zero-order chi connectivity index (χ0) is 19.0. The monoisotopic (exact) mass is 383 g/mol. The van der Waals surface area contributed by atoms with Crippen LogP contribution in [0.4, 0.5) is 0 Å². The number of nitrogens with one attached hydrogen (secondary N) is 1. The molecule has 0 spiro atoms. The van der Waals surface area contributed by atoms with Crippen molar-refractivity contribution >= 4 is 28.4 Å². The number of aromatic nitrogens is 1. The van der Waals surface area contributed by atoms with Crippen LogP contribution in [0.2, 0.25) is 5.02 Å². The Bertz CT molecular complexity index is 998. The van der Waals surface area contributed by atoms with Gasteiger partial charge in [-0.25, -0.2) is 0 Å². The van der Waals surface area contributed by atoms with Crippen LogP contribution in [0.3, 0.4) is 0 Å². The fourth-order valence-electron chi connectivity index (χ4n) is 3.95. The number of hydrogen-bond donors (Lipinski definition) is 2. The molecule has 0 fully saturated rings. The third-order valence-corrected chi connectivity index (χ3v) is 5.41. The topological polar surface area (TPSA) is 71.3 Å². The van der Waals surface area contributed by atoms with E-state index in [-0.39, 0.29) is 11.9 Å². The van der Waals surface area contributed by atoms with Gasteiger partial charge in [0.15, 0.2) is 0 Å². The Hall–Kier alpha value is -2.50. The molecule has 0 radical (unpaired) electrons. The highest BCUT2D eigenvalue weighted by molar-refractivity contribution is 6.31.